The summed E-state index contributed by atoms with van der Waals surface area (Å²) in [5.74, 6) is 0. The normalized spacial score (nSPS) is 13.0. The Morgan fingerprint density at radius 2 is 0.826 bits per heavy atom. The van der Waals surface area contributed by atoms with Crippen molar-refractivity contribution in [3.05, 3.63) is 0 Å². The molecule has 0 bridgehead atoms. The number of rotatable bonds is 15. The Labute approximate surface area is 150 Å². The van der Waals surface area contributed by atoms with Crippen LogP contribution in [0.15, 0.2) is 0 Å². The molecular weight excluding hydrogens is 310 g/mol. The van der Waals surface area contributed by atoms with Crippen LogP contribution in [0.25, 0.3) is 0 Å². The summed E-state index contributed by atoms with van der Waals surface area (Å²) in [5.41, 5.74) is 0. The molecule has 0 fully saturated rings. The molecule has 0 amide bonds. The molecule has 0 spiro atoms. The van der Waals surface area contributed by atoms with Crippen molar-refractivity contribution in [2.45, 2.75) is 123 Å². The van der Waals surface area contributed by atoms with E-state index >= 15 is 0 Å². The van der Waals surface area contributed by atoms with Crippen molar-refractivity contribution in [2.75, 3.05) is 6.54 Å². The summed E-state index contributed by atoms with van der Waals surface area (Å²) in [6.45, 7) is 18.7. The van der Waals surface area contributed by atoms with Crippen molar-refractivity contribution >= 4 is 16.5 Å². The third-order valence-corrected chi connectivity index (χ3v) is 20.3. The minimum absolute atomic E-state index is 1.23. The Hall–Kier alpha value is 0.394. The van der Waals surface area contributed by atoms with Crippen molar-refractivity contribution in [1.29, 1.82) is 0 Å². The molecule has 0 radical (unpaired) electrons. The third-order valence-electron chi connectivity index (χ3n) is 6.83. The second-order valence-corrected chi connectivity index (χ2v) is 18.2. The highest BCUT2D eigenvalue weighted by molar-refractivity contribution is 6.92. The highest BCUT2D eigenvalue weighted by Gasteiger charge is 2.45. The first-order chi connectivity index (χ1) is 11.1. The number of hydrogen-bond donors (Lipinski definition) is 0. The second-order valence-electron chi connectivity index (χ2n) is 7.49. The van der Waals surface area contributed by atoms with Crippen molar-refractivity contribution in [1.82, 2.24) is 4.23 Å². The average molecular weight is 358 g/mol. The molecule has 1 nitrogen and oxygen atoms in total. The van der Waals surface area contributed by atoms with E-state index in [1.807, 2.05) is 0 Å². The van der Waals surface area contributed by atoms with Gasteiger partial charge in [-0.25, -0.2) is 0 Å². The summed E-state index contributed by atoms with van der Waals surface area (Å²) in [6.07, 6.45) is 8.61. The molecule has 0 aliphatic heterocycles. The van der Waals surface area contributed by atoms with E-state index in [1.165, 1.54) is 81.3 Å². The number of hydrogen-bond acceptors (Lipinski definition) is 1. The number of unbranched alkanes of at least 4 members (excludes halogenated alkanes) is 5. The summed E-state index contributed by atoms with van der Waals surface area (Å²) < 4.78 is 3.25. The fraction of sp³-hybridized carbons (Fsp3) is 1.00. The van der Waals surface area contributed by atoms with Crippen molar-refractivity contribution in [2.24, 2.45) is 0 Å². The Morgan fingerprint density at radius 1 is 0.478 bits per heavy atom. The van der Waals surface area contributed by atoms with Gasteiger partial charge in [-0.3, -0.25) is 0 Å². The minimum Gasteiger partial charge on any atom is -0.345 e. The van der Waals surface area contributed by atoms with Gasteiger partial charge in [0.15, 0.2) is 0 Å². The molecular formula is C20H47NSi2. The summed E-state index contributed by atoms with van der Waals surface area (Å²) >= 11 is 0. The quantitative estimate of drug-likeness (QED) is 0.215. The first-order valence-corrected chi connectivity index (χ1v) is 16.0. The minimum atomic E-state index is -1.23. The molecule has 0 aromatic heterocycles. The fourth-order valence-electron chi connectivity index (χ4n) is 4.67. The average Bonchev–Trinajstić information content (AvgIpc) is 2.61. The maximum absolute atomic E-state index is 3.25. The Morgan fingerprint density at radius 3 is 1.17 bits per heavy atom. The van der Waals surface area contributed by atoms with Gasteiger partial charge in [-0.1, -0.05) is 80.6 Å². The lowest BCUT2D eigenvalue weighted by Gasteiger charge is -2.52. The Bertz CT molecular complexity index is 236. The summed E-state index contributed by atoms with van der Waals surface area (Å²) in [6, 6.07) is 8.78. The van der Waals surface area contributed by atoms with Gasteiger partial charge in [0.1, 0.15) is 16.5 Å². The zero-order chi connectivity index (χ0) is 17.8. The Kier molecular flexibility index (Phi) is 12.9. The van der Waals surface area contributed by atoms with Crippen molar-refractivity contribution in [3.63, 3.8) is 0 Å². The molecule has 0 heterocycles. The van der Waals surface area contributed by atoms with Gasteiger partial charge in [-0.2, -0.15) is 0 Å². The van der Waals surface area contributed by atoms with E-state index in [-0.39, 0.29) is 0 Å². The second kappa shape index (κ2) is 12.7. The topological polar surface area (TPSA) is 3.24 Å². The highest BCUT2D eigenvalue weighted by atomic mass is 28.4. The number of nitrogens with zero attached hydrogens (tertiary/aromatic N) is 1. The largest absolute Gasteiger partial charge is 0.345 e. The third kappa shape index (κ3) is 6.32. The van der Waals surface area contributed by atoms with Gasteiger partial charge >= 0.3 is 0 Å². The molecule has 0 aliphatic rings. The van der Waals surface area contributed by atoms with Crippen molar-refractivity contribution < 1.29 is 0 Å². The molecule has 0 aliphatic carbocycles. The summed E-state index contributed by atoms with van der Waals surface area (Å²) in [5, 5.41) is 0. The molecule has 0 saturated carbocycles. The van der Waals surface area contributed by atoms with Crippen LogP contribution in [0.1, 0.15) is 87.0 Å². The summed E-state index contributed by atoms with van der Waals surface area (Å²) in [7, 11) is -2.45. The lowest BCUT2D eigenvalue weighted by Crippen LogP contribution is -2.66. The molecule has 0 aromatic rings. The molecule has 0 rings (SSSR count). The smallest absolute Gasteiger partial charge is 0.120 e. The van der Waals surface area contributed by atoms with E-state index in [9.17, 15) is 0 Å². The van der Waals surface area contributed by atoms with E-state index in [1.54, 1.807) is 0 Å². The molecule has 3 heteroatoms. The first-order valence-electron chi connectivity index (χ1n) is 10.8. The predicted octanol–water partition coefficient (Wildman–Crippen LogP) is 7.66. The van der Waals surface area contributed by atoms with Crippen LogP contribution in [0.2, 0.25) is 36.3 Å². The lowest BCUT2D eigenvalue weighted by molar-refractivity contribution is 0.515. The standard InChI is InChI=1S/C20H47NSi2/c1-8-15-16-17-18-19-20-21(22(9-2,10-3)11-4)23(12-5,13-6)14-7/h8-20H2,1-7H3. The van der Waals surface area contributed by atoms with Crippen LogP contribution in [0.5, 0.6) is 0 Å². The molecule has 0 N–H and O–H groups in total. The van der Waals surface area contributed by atoms with Gasteiger partial charge in [-0.15, -0.1) is 0 Å². The predicted molar refractivity (Wildman–Crippen MR) is 114 cm³/mol. The molecule has 0 saturated heterocycles. The maximum Gasteiger partial charge on any atom is 0.120 e. The molecule has 140 valence electrons. The van der Waals surface area contributed by atoms with E-state index < -0.39 is 16.5 Å². The summed E-state index contributed by atoms with van der Waals surface area (Å²) in [4.78, 5) is 0. The van der Waals surface area contributed by atoms with Crippen LogP contribution >= 0.6 is 0 Å². The van der Waals surface area contributed by atoms with Crippen molar-refractivity contribution in [3.8, 4) is 0 Å². The van der Waals surface area contributed by atoms with Gasteiger partial charge in [0.2, 0.25) is 0 Å². The van der Waals surface area contributed by atoms with E-state index in [4.69, 9.17) is 0 Å². The van der Waals surface area contributed by atoms with Crippen LogP contribution in [0, 0.1) is 0 Å². The zero-order valence-electron chi connectivity index (χ0n) is 17.6. The molecule has 23 heavy (non-hydrogen) atoms. The van der Waals surface area contributed by atoms with Gasteiger partial charge < -0.3 is 4.23 Å². The Balaban J connectivity index is 5.07. The van der Waals surface area contributed by atoms with E-state index in [0.29, 0.717) is 0 Å². The van der Waals surface area contributed by atoms with Gasteiger partial charge in [0, 0.05) is 0 Å². The first kappa shape index (κ1) is 23.4. The van der Waals surface area contributed by atoms with E-state index in [2.05, 4.69) is 52.7 Å². The maximum atomic E-state index is 3.25. The highest BCUT2D eigenvalue weighted by Crippen LogP contribution is 2.36. The van der Waals surface area contributed by atoms with Gasteiger partial charge in [0.05, 0.1) is 0 Å². The van der Waals surface area contributed by atoms with E-state index in [0.717, 1.165) is 0 Å². The van der Waals surface area contributed by atoms with Crippen LogP contribution in [-0.2, 0) is 0 Å². The molecule has 0 unspecified atom stereocenters. The molecule has 0 atom stereocenters. The zero-order valence-corrected chi connectivity index (χ0v) is 19.6. The SMILES string of the molecule is CCCCCCCCN([Si](CC)(CC)CC)[Si](CC)(CC)CC. The van der Waals surface area contributed by atoms with Crippen LogP contribution in [0.4, 0.5) is 0 Å². The van der Waals surface area contributed by atoms with Crippen LogP contribution in [-0.4, -0.2) is 27.2 Å². The van der Waals surface area contributed by atoms with Gasteiger partial charge in [0.25, 0.3) is 0 Å². The van der Waals surface area contributed by atoms with Gasteiger partial charge in [-0.05, 0) is 49.2 Å². The van der Waals surface area contributed by atoms with Crippen LogP contribution in [0.3, 0.4) is 0 Å². The fourth-order valence-corrected chi connectivity index (χ4v) is 18.1. The van der Waals surface area contributed by atoms with Crippen LogP contribution < -0.4 is 0 Å². The monoisotopic (exact) mass is 357 g/mol. The lowest BCUT2D eigenvalue weighted by atomic mass is 10.1. The molecule has 0 aromatic carbocycles.